The van der Waals surface area contributed by atoms with Gasteiger partial charge in [-0.25, -0.2) is 17.5 Å². The van der Waals surface area contributed by atoms with Crippen LogP contribution in [0.25, 0.3) is 26.7 Å². The second-order valence-corrected chi connectivity index (χ2v) is 11.8. The van der Waals surface area contributed by atoms with Crippen molar-refractivity contribution in [2.24, 2.45) is 0 Å². The first kappa shape index (κ1) is 23.6. The minimum absolute atomic E-state index is 0.0700. The van der Waals surface area contributed by atoms with Gasteiger partial charge in [0, 0.05) is 11.1 Å². The lowest BCUT2D eigenvalue weighted by Crippen LogP contribution is -2.16. The summed E-state index contributed by atoms with van der Waals surface area (Å²) < 4.78 is 39.7. The first-order valence-electron chi connectivity index (χ1n) is 10.0. The van der Waals surface area contributed by atoms with E-state index in [0.29, 0.717) is 17.1 Å². The monoisotopic (exact) mass is 504 g/mol. The minimum atomic E-state index is -3.34. The van der Waals surface area contributed by atoms with Crippen molar-refractivity contribution in [3.63, 3.8) is 0 Å². The molecule has 2 heterocycles. The van der Waals surface area contributed by atoms with Crippen LogP contribution in [0.15, 0.2) is 59.5 Å². The molecule has 0 spiro atoms. The molecule has 33 heavy (non-hydrogen) atoms. The third-order valence-corrected chi connectivity index (χ3v) is 7.99. The summed E-state index contributed by atoms with van der Waals surface area (Å²) in [6, 6.07) is 15.0. The third kappa shape index (κ3) is 4.61. The number of aliphatic hydroxyl groups is 1. The van der Waals surface area contributed by atoms with E-state index in [1.165, 1.54) is 28.3 Å². The Labute approximate surface area is 201 Å². The molecule has 0 aliphatic rings. The zero-order valence-electron chi connectivity index (χ0n) is 18.4. The van der Waals surface area contributed by atoms with Crippen LogP contribution in [0.2, 0.25) is 5.02 Å². The maximum absolute atomic E-state index is 14.2. The summed E-state index contributed by atoms with van der Waals surface area (Å²) in [6.45, 7) is 5.18. The Hall–Kier alpha value is -2.52. The van der Waals surface area contributed by atoms with E-state index in [0.717, 1.165) is 20.9 Å². The van der Waals surface area contributed by atoms with Crippen molar-refractivity contribution >= 4 is 32.8 Å². The van der Waals surface area contributed by atoms with Gasteiger partial charge in [-0.05, 0) is 68.3 Å². The number of thiophene rings is 1. The van der Waals surface area contributed by atoms with Crippen LogP contribution in [-0.4, -0.2) is 29.6 Å². The van der Waals surface area contributed by atoms with Crippen molar-refractivity contribution in [2.45, 2.75) is 31.3 Å². The summed E-state index contributed by atoms with van der Waals surface area (Å²) in [7, 11) is -3.34. The number of hydrogen-bond donors (Lipinski definition) is 1. The molecule has 172 valence electrons. The summed E-state index contributed by atoms with van der Waals surface area (Å²) in [6.07, 6.45) is 1.18. The molecule has 0 saturated heterocycles. The van der Waals surface area contributed by atoms with Gasteiger partial charge in [0.2, 0.25) is 0 Å². The molecular formula is C24H22ClFN2O3S2. The highest BCUT2D eigenvalue weighted by Gasteiger charge is 2.26. The predicted octanol–water partition coefficient (Wildman–Crippen LogP) is 6.00. The lowest BCUT2D eigenvalue weighted by atomic mass is 10.1. The number of benzene rings is 2. The van der Waals surface area contributed by atoms with E-state index in [4.69, 9.17) is 11.6 Å². The fourth-order valence-corrected chi connectivity index (χ4v) is 5.48. The molecule has 0 radical (unpaired) electrons. The normalized spacial score (nSPS) is 12.3. The highest BCUT2D eigenvalue weighted by Crippen LogP contribution is 2.41. The highest BCUT2D eigenvalue weighted by molar-refractivity contribution is 7.90. The minimum Gasteiger partial charge on any atom is -0.384 e. The molecule has 0 saturated carbocycles. The Kier molecular flexibility index (Phi) is 5.99. The number of aryl methyl sites for hydroxylation is 1. The number of rotatable bonds is 5. The van der Waals surface area contributed by atoms with Crippen molar-refractivity contribution in [3.8, 4) is 26.7 Å². The zero-order chi connectivity index (χ0) is 24.1. The van der Waals surface area contributed by atoms with Crippen LogP contribution < -0.4 is 0 Å². The molecule has 0 bridgehead atoms. The van der Waals surface area contributed by atoms with Crippen molar-refractivity contribution in [2.75, 3.05) is 6.26 Å². The second kappa shape index (κ2) is 8.36. The van der Waals surface area contributed by atoms with Gasteiger partial charge in [-0.3, -0.25) is 0 Å². The van der Waals surface area contributed by atoms with Crippen molar-refractivity contribution in [1.82, 2.24) is 9.78 Å². The maximum atomic E-state index is 14.2. The molecule has 0 aliphatic heterocycles. The molecular weight excluding hydrogens is 483 g/mol. The second-order valence-electron chi connectivity index (χ2n) is 8.38. The topological polar surface area (TPSA) is 72.2 Å². The summed E-state index contributed by atoms with van der Waals surface area (Å²) in [5, 5.41) is 15.0. The van der Waals surface area contributed by atoms with Crippen molar-refractivity contribution in [1.29, 1.82) is 0 Å². The van der Waals surface area contributed by atoms with Crippen LogP contribution in [0.4, 0.5) is 4.39 Å². The van der Waals surface area contributed by atoms with E-state index in [-0.39, 0.29) is 9.92 Å². The van der Waals surface area contributed by atoms with Gasteiger partial charge < -0.3 is 5.11 Å². The molecule has 4 aromatic rings. The number of hydrogen-bond acceptors (Lipinski definition) is 5. The van der Waals surface area contributed by atoms with Crippen molar-refractivity contribution < 1.29 is 17.9 Å². The van der Waals surface area contributed by atoms with Gasteiger partial charge in [-0.2, -0.15) is 5.10 Å². The number of aromatic nitrogens is 2. The molecule has 5 nitrogen and oxygen atoms in total. The molecule has 0 aliphatic carbocycles. The summed E-state index contributed by atoms with van der Waals surface area (Å²) in [5.41, 5.74) is 1.89. The Morgan fingerprint density at radius 2 is 1.82 bits per heavy atom. The fourth-order valence-electron chi connectivity index (χ4n) is 3.44. The van der Waals surface area contributed by atoms with E-state index in [1.54, 1.807) is 50.2 Å². The van der Waals surface area contributed by atoms with Crippen LogP contribution in [0.5, 0.6) is 0 Å². The molecule has 0 fully saturated rings. The van der Waals surface area contributed by atoms with Crippen LogP contribution in [-0.2, 0) is 15.4 Å². The Bertz CT molecular complexity index is 1470. The van der Waals surface area contributed by atoms with Gasteiger partial charge in [0.15, 0.2) is 9.84 Å². The average Bonchev–Trinajstić information content (AvgIpc) is 3.33. The first-order chi connectivity index (χ1) is 15.4. The van der Waals surface area contributed by atoms with Crippen LogP contribution in [0.3, 0.4) is 0 Å². The first-order valence-corrected chi connectivity index (χ1v) is 13.1. The van der Waals surface area contributed by atoms with E-state index in [1.807, 2.05) is 19.1 Å². The molecule has 0 unspecified atom stereocenters. The largest absolute Gasteiger partial charge is 0.384 e. The predicted molar refractivity (Wildman–Crippen MR) is 130 cm³/mol. The molecule has 0 amide bonds. The molecule has 1 N–H and O–H groups in total. The average molecular weight is 505 g/mol. The Balaban J connectivity index is 1.91. The van der Waals surface area contributed by atoms with E-state index in [9.17, 15) is 17.9 Å². The van der Waals surface area contributed by atoms with E-state index in [2.05, 4.69) is 5.10 Å². The van der Waals surface area contributed by atoms with Gasteiger partial charge in [-0.1, -0.05) is 29.8 Å². The van der Waals surface area contributed by atoms with Gasteiger partial charge >= 0.3 is 0 Å². The van der Waals surface area contributed by atoms with Crippen LogP contribution >= 0.6 is 22.9 Å². The van der Waals surface area contributed by atoms with Gasteiger partial charge in [0.05, 0.1) is 26.8 Å². The van der Waals surface area contributed by atoms with Gasteiger partial charge in [-0.15, -0.1) is 11.3 Å². The smallest absolute Gasteiger partial charge is 0.175 e. The number of nitrogens with zero attached hydrogens (tertiary/aromatic N) is 2. The number of halogens is 2. The van der Waals surface area contributed by atoms with Crippen molar-refractivity contribution in [3.05, 3.63) is 76.7 Å². The standard InChI is InChI=1S/C24H22ClFN2O3S2/c1-14-11-20(15-7-5-8-16(12-15)33(4,30)31)32-23(14)19-13-21(24(2,3)29)27-28(19)18-10-6-9-17(26)22(18)25/h5-13,29H,1-4H3. The third-order valence-electron chi connectivity index (χ3n) is 5.19. The Morgan fingerprint density at radius 1 is 1.12 bits per heavy atom. The highest BCUT2D eigenvalue weighted by atomic mass is 35.5. The molecule has 4 rings (SSSR count). The molecule has 0 atom stereocenters. The van der Waals surface area contributed by atoms with Crippen LogP contribution in [0.1, 0.15) is 25.1 Å². The molecule has 2 aromatic carbocycles. The van der Waals surface area contributed by atoms with Gasteiger partial charge in [0.25, 0.3) is 0 Å². The lowest BCUT2D eigenvalue weighted by molar-refractivity contribution is 0.0734. The number of sulfone groups is 1. The van der Waals surface area contributed by atoms with Crippen LogP contribution in [0, 0.1) is 12.7 Å². The maximum Gasteiger partial charge on any atom is 0.175 e. The summed E-state index contributed by atoms with van der Waals surface area (Å²) in [5.74, 6) is -0.568. The van der Waals surface area contributed by atoms with Gasteiger partial charge in [0.1, 0.15) is 16.4 Å². The van der Waals surface area contributed by atoms with E-state index < -0.39 is 21.3 Å². The Morgan fingerprint density at radius 3 is 2.48 bits per heavy atom. The molecule has 2 aromatic heterocycles. The summed E-state index contributed by atoms with van der Waals surface area (Å²) >= 11 is 7.71. The summed E-state index contributed by atoms with van der Waals surface area (Å²) in [4.78, 5) is 1.96. The molecule has 9 heteroatoms. The zero-order valence-corrected chi connectivity index (χ0v) is 20.8. The fraction of sp³-hybridized carbons (Fsp3) is 0.208. The van der Waals surface area contributed by atoms with E-state index >= 15 is 0 Å². The quantitative estimate of drug-likeness (QED) is 0.362. The lowest BCUT2D eigenvalue weighted by Gasteiger charge is -2.13. The SMILES string of the molecule is Cc1cc(-c2cccc(S(C)(=O)=O)c2)sc1-c1cc(C(C)(C)O)nn1-c1cccc(F)c1Cl.